The average molecular weight is 315 g/mol. The molecule has 1 aromatic heterocycles. The van der Waals surface area contributed by atoms with Crippen LogP contribution in [-0.4, -0.2) is 33.2 Å². The van der Waals surface area contributed by atoms with Crippen LogP contribution < -0.4 is 5.56 Å². The highest BCUT2D eigenvalue weighted by Gasteiger charge is 2.22. The van der Waals surface area contributed by atoms with Crippen LogP contribution in [0, 0.1) is 6.92 Å². The Morgan fingerprint density at radius 2 is 2.18 bits per heavy atom. The summed E-state index contributed by atoms with van der Waals surface area (Å²) in [7, 11) is 1.71. The Kier molecular flexibility index (Phi) is 4.02. The summed E-state index contributed by atoms with van der Waals surface area (Å²) >= 11 is 1.54. The second-order valence-corrected chi connectivity index (χ2v) is 6.41. The van der Waals surface area contributed by atoms with E-state index in [9.17, 15) is 9.59 Å². The van der Waals surface area contributed by atoms with Crippen LogP contribution in [0.4, 0.5) is 0 Å². The van der Waals surface area contributed by atoms with Gasteiger partial charge in [0.1, 0.15) is 5.56 Å². The molecule has 0 bridgehead atoms. The lowest BCUT2D eigenvalue weighted by Crippen LogP contribution is -2.34. The molecule has 6 heteroatoms. The molecule has 0 atom stereocenters. The smallest absolute Gasteiger partial charge is 0.267 e. The Labute approximate surface area is 133 Å². The van der Waals surface area contributed by atoms with Crippen molar-refractivity contribution in [3.8, 4) is 0 Å². The summed E-state index contributed by atoms with van der Waals surface area (Å²) in [5.41, 5.74) is 2.10. The fraction of sp³-hybridized carbons (Fsp3) is 0.312. The maximum Gasteiger partial charge on any atom is 0.267 e. The van der Waals surface area contributed by atoms with Gasteiger partial charge in [-0.1, -0.05) is 36.0 Å². The highest BCUT2D eigenvalue weighted by atomic mass is 32.2. The summed E-state index contributed by atoms with van der Waals surface area (Å²) in [6.07, 6.45) is 1.41. The van der Waals surface area contributed by atoms with Crippen LogP contribution in [-0.2, 0) is 13.1 Å². The number of hydrogen-bond acceptors (Lipinski definition) is 4. The molecule has 0 fully saturated rings. The summed E-state index contributed by atoms with van der Waals surface area (Å²) in [6.45, 7) is 3.10. The van der Waals surface area contributed by atoms with E-state index in [2.05, 4.69) is 4.98 Å². The number of fused-ring (bicyclic) bond motifs is 1. The Morgan fingerprint density at radius 3 is 2.95 bits per heavy atom. The molecule has 0 radical (unpaired) electrons. The summed E-state index contributed by atoms with van der Waals surface area (Å²) in [6, 6.07) is 7.92. The zero-order valence-electron chi connectivity index (χ0n) is 12.6. The van der Waals surface area contributed by atoms with Gasteiger partial charge >= 0.3 is 0 Å². The molecular formula is C16H17N3O2S. The van der Waals surface area contributed by atoms with Gasteiger partial charge < -0.3 is 4.90 Å². The average Bonchev–Trinajstić information content (AvgIpc) is 2.99. The van der Waals surface area contributed by atoms with Crippen molar-refractivity contribution < 1.29 is 4.79 Å². The Bertz CT molecular complexity index is 785. The summed E-state index contributed by atoms with van der Waals surface area (Å²) in [5.74, 6) is 0.548. The predicted octanol–water partition coefficient (Wildman–Crippen LogP) is 1.93. The lowest BCUT2D eigenvalue weighted by Gasteiger charge is -2.18. The SMILES string of the molecule is Cc1ccccc1CN(C)C(=O)c1cnc2n(c1=O)CCS2. The van der Waals surface area contributed by atoms with Gasteiger partial charge in [0.05, 0.1) is 0 Å². The zero-order chi connectivity index (χ0) is 15.7. The van der Waals surface area contributed by atoms with Crippen molar-refractivity contribution in [1.29, 1.82) is 0 Å². The molecule has 3 rings (SSSR count). The zero-order valence-corrected chi connectivity index (χ0v) is 13.4. The highest BCUT2D eigenvalue weighted by Crippen LogP contribution is 2.20. The molecule has 0 N–H and O–H groups in total. The summed E-state index contributed by atoms with van der Waals surface area (Å²) in [5, 5.41) is 0.697. The molecule has 114 valence electrons. The largest absolute Gasteiger partial charge is 0.337 e. The monoisotopic (exact) mass is 315 g/mol. The fourth-order valence-corrected chi connectivity index (χ4v) is 3.40. The number of aryl methyl sites for hydroxylation is 1. The summed E-state index contributed by atoms with van der Waals surface area (Å²) < 4.78 is 1.58. The molecule has 0 saturated heterocycles. The van der Waals surface area contributed by atoms with Crippen molar-refractivity contribution in [2.75, 3.05) is 12.8 Å². The number of nitrogens with zero attached hydrogens (tertiary/aromatic N) is 3. The number of thioether (sulfide) groups is 1. The van der Waals surface area contributed by atoms with Gasteiger partial charge in [-0.25, -0.2) is 4.98 Å². The van der Waals surface area contributed by atoms with E-state index in [0.29, 0.717) is 18.2 Å². The van der Waals surface area contributed by atoms with Gasteiger partial charge in [0.2, 0.25) is 0 Å². The first kappa shape index (κ1) is 14.8. The van der Waals surface area contributed by atoms with Gasteiger partial charge in [-0.05, 0) is 18.1 Å². The second-order valence-electron chi connectivity index (χ2n) is 5.35. The van der Waals surface area contributed by atoms with Crippen LogP contribution >= 0.6 is 11.8 Å². The molecular weight excluding hydrogens is 298 g/mol. The molecule has 5 nitrogen and oxygen atoms in total. The van der Waals surface area contributed by atoms with Crippen molar-refractivity contribution in [2.45, 2.75) is 25.2 Å². The topological polar surface area (TPSA) is 55.2 Å². The van der Waals surface area contributed by atoms with Crippen LogP contribution in [0.25, 0.3) is 0 Å². The Morgan fingerprint density at radius 1 is 1.41 bits per heavy atom. The first-order chi connectivity index (χ1) is 10.6. The van der Waals surface area contributed by atoms with E-state index < -0.39 is 0 Å². The van der Waals surface area contributed by atoms with E-state index in [1.807, 2.05) is 31.2 Å². The van der Waals surface area contributed by atoms with Crippen molar-refractivity contribution in [3.63, 3.8) is 0 Å². The van der Waals surface area contributed by atoms with Crippen molar-refractivity contribution >= 4 is 17.7 Å². The molecule has 0 saturated carbocycles. The standard InChI is InChI=1S/C16H17N3O2S/c1-11-5-3-4-6-12(11)10-18(2)14(20)13-9-17-16-19(15(13)21)7-8-22-16/h3-6,9H,7-8,10H2,1-2H3. The Balaban J connectivity index is 1.85. The Hall–Kier alpha value is -2.08. The van der Waals surface area contributed by atoms with E-state index in [4.69, 9.17) is 0 Å². The third kappa shape index (κ3) is 2.66. The van der Waals surface area contributed by atoms with Crippen molar-refractivity contribution in [2.24, 2.45) is 0 Å². The molecule has 1 aromatic carbocycles. The van der Waals surface area contributed by atoms with E-state index in [0.717, 1.165) is 16.9 Å². The number of hydrogen-bond donors (Lipinski definition) is 0. The maximum absolute atomic E-state index is 12.5. The second kappa shape index (κ2) is 5.96. The third-order valence-electron chi connectivity index (χ3n) is 3.80. The van der Waals surface area contributed by atoms with Crippen LogP contribution in [0.3, 0.4) is 0 Å². The van der Waals surface area contributed by atoms with Crippen LogP contribution in [0.15, 0.2) is 40.4 Å². The predicted molar refractivity (Wildman–Crippen MR) is 86.2 cm³/mol. The number of carbonyl (C=O) groups excluding carboxylic acids is 1. The minimum Gasteiger partial charge on any atom is -0.337 e. The quantitative estimate of drug-likeness (QED) is 0.812. The molecule has 2 aromatic rings. The summed E-state index contributed by atoms with van der Waals surface area (Å²) in [4.78, 5) is 30.7. The molecule has 1 aliphatic heterocycles. The van der Waals surface area contributed by atoms with Crippen LogP contribution in [0.1, 0.15) is 21.5 Å². The van der Waals surface area contributed by atoms with Crippen LogP contribution in [0.5, 0.6) is 0 Å². The normalized spacial score (nSPS) is 13.0. The lowest BCUT2D eigenvalue weighted by atomic mass is 10.1. The van der Waals surface area contributed by atoms with Gasteiger partial charge in [-0.2, -0.15) is 0 Å². The van der Waals surface area contributed by atoms with Gasteiger partial charge in [-0.15, -0.1) is 0 Å². The van der Waals surface area contributed by atoms with E-state index in [1.165, 1.54) is 6.20 Å². The van der Waals surface area contributed by atoms with E-state index in [1.54, 1.807) is 28.3 Å². The van der Waals surface area contributed by atoms with Gasteiger partial charge in [0, 0.05) is 32.1 Å². The fourth-order valence-electron chi connectivity index (χ4n) is 2.48. The van der Waals surface area contributed by atoms with Gasteiger partial charge in [0.25, 0.3) is 11.5 Å². The first-order valence-corrected chi connectivity index (χ1v) is 8.09. The van der Waals surface area contributed by atoms with E-state index >= 15 is 0 Å². The number of benzene rings is 1. The minimum atomic E-state index is -0.284. The van der Waals surface area contributed by atoms with Gasteiger partial charge in [-0.3, -0.25) is 14.2 Å². The molecule has 0 unspecified atom stereocenters. The van der Waals surface area contributed by atoms with Crippen molar-refractivity contribution in [1.82, 2.24) is 14.5 Å². The number of amides is 1. The third-order valence-corrected chi connectivity index (χ3v) is 4.77. The lowest BCUT2D eigenvalue weighted by molar-refractivity contribution is 0.0781. The first-order valence-electron chi connectivity index (χ1n) is 7.10. The van der Waals surface area contributed by atoms with Crippen LogP contribution in [0.2, 0.25) is 0 Å². The minimum absolute atomic E-state index is 0.141. The molecule has 0 spiro atoms. The highest BCUT2D eigenvalue weighted by molar-refractivity contribution is 7.99. The number of carbonyl (C=O) groups is 1. The number of rotatable bonds is 3. The van der Waals surface area contributed by atoms with Gasteiger partial charge in [0.15, 0.2) is 5.16 Å². The van der Waals surface area contributed by atoms with E-state index in [-0.39, 0.29) is 17.0 Å². The molecule has 0 aliphatic carbocycles. The maximum atomic E-state index is 12.5. The number of aromatic nitrogens is 2. The van der Waals surface area contributed by atoms with Crippen molar-refractivity contribution in [3.05, 3.63) is 57.5 Å². The molecule has 1 aliphatic rings. The molecule has 2 heterocycles. The molecule has 22 heavy (non-hydrogen) atoms. The molecule has 1 amide bonds.